The summed E-state index contributed by atoms with van der Waals surface area (Å²) in [5.41, 5.74) is 1.79. The van der Waals surface area contributed by atoms with Gasteiger partial charge in [0.15, 0.2) is 0 Å². The second kappa shape index (κ2) is 7.84. The van der Waals surface area contributed by atoms with Gasteiger partial charge in [-0.05, 0) is 17.7 Å². The van der Waals surface area contributed by atoms with E-state index in [1.807, 2.05) is 31.4 Å². The third-order valence-corrected chi connectivity index (χ3v) is 3.91. The van der Waals surface area contributed by atoms with E-state index in [4.69, 9.17) is 4.74 Å². The molecule has 1 aromatic heterocycles. The highest BCUT2D eigenvalue weighted by molar-refractivity contribution is 7.99. The number of nitriles is 1. The van der Waals surface area contributed by atoms with Crippen molar-refractivity contribution in [1.82, 2.24) is 15.1 Å². The first-order chi connectivity index (χ1) is 10.2. The Morgan fingerprint density at radius 2 is 2.33 bits per heavy atom. The lowest BCUT2D eigenvalue weighted by atomic mass is 10.1. The van der Waals surface area contributed by atoms with E-state index in [9.17, 15) is 5.26 Å². The molecular weight excluding hydrogens is 284 g/mol. The van der Waals surface area contributed by atoms with E-state index in [1.54, 1.807) is 29.8 Å². The topological polar surface area (TPSA) is 62.9 Å². The summed E-state index contributed by atoms with van der Waals surface area (Å²) in [4.78, 5) is 1.98. The van der Waals surface area contributed by atoms with Gasteiger partial charge < -0.3 is 10.1 Å². The van der Waals surface area contributed by atoms with Crippen LogP contribution in [0.5, 0.6) is 0 Å². The summed E-state index contributed by atoms with van der Waals surface area (Å²) in [7, 11) is 3.56. The van der Waals surface area contributed by atoms with Crippen LogP contribution in [0.1, 0.15) is 11.1 Å². The summed E-state index contributed by atoms with van der Waals surface area (Å²) in [6, 6.07) is 8.22. The van der Waals surface area contributed by atoms with E-state index in [0.29, 0.717) is 12.2 Å². The second-order valence-electron chi connectivity index (χ2n) is 4.56. The van der Waals surface area contributed by atoms with Crippen molar-refractivity contribution < 1.29 is 4.74 Å². The fourth-order valence-electron chi connectivity index (χ4n) is 1.85. The Hall–Kier alpha value is -1.81. The maximum atomic E-state index is 9.31. The lowest BCUT2D eigenvalue weighted by Crippen LogP contribution is -2.18. The van der Waals surface area contributed by atoms with Crippen LogP contribution in [-0.4, -0.2) is 30.0 Å². The predicted octanol–water partition coefficient (Wildman–Crippen LogP) is 2.18. The molecule has 6 heteroatoms. The van der Waals surface area contributed by atoms with E-state index in [0.717, 1.165) is 28.4 Å². The van der Waals surface area contributed by atoms with Gasteiger partial charge in [-0.1, -0.05) is 17.8 Å². The van der Waals surface area contributed by atoms with E-state index in [-0.39, 0.29) is 0 Å². The molecule has 0 saturated heterocycles. The summed E-state index contributed by atoms with van der Waals surface area (Å²) in [5, 5.41) is 16.7. The lowest BCUT2D eigenvalue weighted by Gasteiger charge is -2.07. The molecule has 1 heterocycles. The summed E-state index contributed by atoms with van der Waals surface area (Å²) in [6.07, 6.45) is 3.73. The molecule has 0 atom stereocenters. The molecule has 1 aromatic carbocycles. The Balaban J connectivity index is 2.04. The van der Waals surface area contributed by atoms with Crippen molar-refractivity contribution in [3.05, 3.63) is 41.7 Å². The number of nitrogens with zero attached hydrogens (tertiary/aromatic N) is 3. The summed E-state index contributed by atoms with van der Waals surface area (Å²) in [5.74, 6) is 0. The Morgan fingerprint density at radius 3 is 3.00 bits per heavy atom. The Kier molecular flexibility index (Phi) is 5.81. The van der Waals surface area contributed by atoms with E-state index >= 15 is 0 Å². The molecule has 0 bridgehead atoms. The standard InChI is InChI=1S/C15H18N4OS/c1-19-11-14(10-18-19)21-15-4-3-12(7-13(15)8-16)9-17-5-6-20-2/h3-4,7,10-11,17H,5-6,9H2,1-2H3. The normalized spacial score (nSPS) is 10.5. The van der Waals surface area contributed by atoms with Gasteiger partial charge in [-0.25, -0.2) is 0 Å². The van der Waals surface area contributed by atoms with Crippen LogP contribution < -0.4 is 5.32 Å². The first-order valence-corrected chi connectivity index (χ1v) is 7.43. The van der Waals surface area contributed by atoms with E-state index in [2.05, 4.69) is 16.5 Å². The molecule has 0 unspecified atom stereocenters. The Bertz CT molecular complexity index is 633. The van der Waals surface area contributed by atoms with E-state index in [1.165, 1.54) is 0 Å². The molecule has 0 fully saturated rings. The number of aryl methyl sites for hydroxylation is 1. The summed E-state index contributed by atoms with van der Waals surface area (Å²) >= 11 is 1.55. The third kappa shape index (κ3) is 4.60. The number of methoxy groups -OCH3 is 1. The highest BCUT2D eigenvalue weighted by Gasteiger charge is 2.07. The molecule has 5 nitrogen and oxygen atoms in total. The molecule has 0 aliphatic carbocycles. The highest BCUT2D eigenvalue weighted by atomic mass is 32.2. The molecule has 0 aliphatic rings. The van der Waals surface area contributed by atoms with Gasteiger partial charge in [0.2, 0.25) is 0 Å². The van der Waals surface area contributed by atoms with Crippen LogP contribution in [0.4, 0.5) is 0 Å². The number of ether oxygens (including phenoxy) is 1. The quantitative estimate of drug-likeness (QED) is 0.794. The number of aromatic nitrogens is 2. The molecular formula is C15H18N4OS. The largest absolute Gasteiger partial charge is 0.383 e. The predicted molar refractivity (Wildman–Crippen MR) is 82.1 cm³/mol. The van der Waals surface area contributed by atoms with E-state index < -0.39 is 0 Å². The van der Waals surface area contributed by atoms with Crippen LogP contribution in [-0.2, 0) is 18.3 Å². The zero-order valence-electron chi connectivity index (χ0n) is 12.2. The lowest BCUT2D eigenvalue weighted by molar-refractivity contribution is 0.199. The SMILES string of the molecule is COCCNCc1ccc(Sc2cnn(C)c2)c(C#N)c1. The first-order valence-electron chi connectivity index (χ1n) is 6.62. The minimum Gasteiger partial charge on any atom is -0.383 e. The molecule has 0 amide bonds. The van der Waals surface area contributed by atoms with Crippen LogP contribution in [0.15, 0.2) is 40.4 Å². The number of nitrogens with one attached hydrogen (secondary N) is 1. The minimum absolute atomic E-state index is 0.681. The second-order valence-corrected chi connectivity index (χ2v) is 5.68. The summed E-state index contributed by atoms with van der Waals surface area (Å²) < 4.78 is 6.74. The summed E-state index contributed by atoms with van der Waals surface area (Å²) in [6.45, 7) is 2.21. The monoisotopic (exact) mass is 302 g/mol. The fraction of sp³-hybridized carbons (Fsp3) is 0.333. The zero-order chi connectivity index (χ0) is 15.1. The van der Waals surface area contributed by atoms with Gasteiger partial charge in [0.1, 0.15) is 6.07 Å². The van der Waals surface area contributed by atoms with Crippen molar-refractivity contribution in [3.63, 3.8) is 0 Å². The Morgan fingerprint density at radius 1 is 1.48 bits per heavy atom. The molecule has 0 aliphatic heterocycles. The molecule has 2 aromatic rings. The van der Waals surface area contributed by atoms with Gasteiger partial charge in [-0.2, -0.15) is 10.4 Å². The van der Waals surface area contributed by atoms with Gasteiger partial charge in [0, 0.05) is 38.3 Å². The van der Waals surface area contributed by atoms with Gasteiger partial charge in [0.25, 0.3) is 0 Å². The molecule has 2 rings (SSSR count). The third-order valence-electron chi connectivity index (χ3n) is 2.89. The molecule has 1 N–H and O–H groups in total. The number of hydrogen-bond acceptors (Lipinski definition) is 5. The molecule has 21 heavy (non-hydrogen) atoms. The average molecular weight is 302 g/mol. The average Bonchev–Trinajstić information content (AvgIpc) is 2.90. The smallest absolute Gasteiger partial charge is 0.100 e. The van der Waals surface area contributed by atoms with Crippen molar-refractivity contribution in [2.24, 2.45) is 7.05 Å². The fourth-order valence-corrected chi connectivity index (χ4v) is 2.76. The van der Waals surface area contributed by atoms with Crippen molar-refractivity contribution in [2.75, 3.05) is 20.3 Å². The highest BCUT2D eigenvalue weighted by Crippen LogP contribution is 2.30. The maximum Gasteiger partial charge on any atom is 0.100 e. The zero-order valence-corrected chi connectivity index (χ0v) is 13.0. The number of rotatable bonds is 7. The van der Waals surface area contributed by atoms with Gasteiger partial charge >= 0.3 is 0 Å². The number of benzene rings is 1. The van der Waals surface area contributed by atoms with Crippen LogP contribution in [0.25, 0.3) is 0 Å². The first kappa shape index (κ1) is 15.6. The van der Waals surface area contributed by atoms with Crippen LogP contribution in [0, 0.1) is 11.3 Å². The molecule has 110 valence electrons. The minimum atomic E-state index is 0.681. The van der Waals surface area contributed by atoms with Gasteiger partial charge in [-0.15, -0.1) is 0 Å². The van der Waals surface area contributed by atoms with Crippen LogP contribution in [0.3, 0.4) is 0 Å². The van der Waals surface area contributed by atoms with Crippen LogP contribution >= 0.6 is 11.8 Å². The Labute approximate surface area is 128 Å². The van der Waals surface area contributed by atoms with Crippen molar-refractivity contribution in [2.45, 2.75) is 16.3 Å². The van der Waals surface area contributed by atoms with Gasteiger partial charge in [-0.3, -0.25) is 4.68 Å². The van der Waals surface area contributed by atoms with Crippen molar-refractivity contribution in [1.29, 1.82) is 5.26 Å². The molecule has 0 saturated carbocycles. The van der Waals surface area contributed by atoms with Crippen LogP contribution in [0.2, 0.25) is 0 Å². The molecule has 0 radical (unpaired) electrons. The number of hydrogen-bond donors (Lipinski definition) is 1. The maximum absolute atomic E-state index is 9.31. The van der Waals surface area contributed by atoms with Gasteiger partial charge in [0.05, 0.1) is 23.3 Å². The molecule has 0 spiro atoms. The van der Waals surface area contributed by atoms with Crippen molar-refractivity contribution >= 4 is 11.8 Å². The van der Waals surface area contributed by atoms with Crippen molar-refractivity contribution in [3.8, 4) is 6.07 Å².